The van der Waals surface area contributed by atoms with E-state index in [1.54, 1.807) is 24.3 Å². The minimum absolute atomic E-state index is 0.185. The molecule has 0 bridgehead atoms. The van der Waals surface area contributed by atoms with Gasteiger partial charge in [-0.1, -0.05) is 47.0 Å². The second-order valence-electron chi connectivity index (χ2n) is 6.52. The van der Waals surface area contributed by atoms with Crippen LogP contribution in [0.5, 0.6) is 0 Å². The summed E-state index contributed by atoms with van der Waals surface area (Å²) in [5, 5.41) is 3.32. The number of aryl methyl sites for hydroxylation is 1. The zero-order chi connectivity index (χ0) is 21.7. The second kappa shape index (κ2) is 9.57. The molecular weight excluding hydrogens is 425 g/mol. The van der Waals surface area contributed by atoms with Gasteiger partial charge >= 0.3 is 5.97 Å². The molecule has 0 fully saturated rings. The Bertz CT molecular complexity index is 1110. The standard InChI is InChI=1S/C23H17Cl2NO4/c1-14-5-7-15(8-6-14)22(28)26-18-4-2-3-16(11-18)23(29)30-13-21(27)19-10-9-17(24)12-20(19)25/h2-12H,13H2,1H3,(H,26,28). The highest BCUT2D eigenvalue weighted by atomic mass is 35.5. The molecule has 0 heterocycles. The molecule has 7 heteroatoms. The van der Waals surface area contributed by atoms with E-state index < -0.39 is 18.4 Å². The number of ketones is 1. The molecule has 0 saturated heterocycles. The molecule has 3 aromatic rings. The minimum Gasteiger partial charge on any atom is -0.454 e. The van der Waals surface area contributed by atoms with Gasteiger partial charge in [-0.05, 0) is 55.5 Å². The van der Waals surface area contributed by atoms with Crippen molar-refractivity contribution in [1.82, 2.24) is 0 Å². The first-order chi connectivity index (χ1) is 14.3. The average molecular weight is 442 g/mol. The smallest absolute Gasteiger partial charge is 0.338 e. The quantitative estimate of drug-likeness (QED) is 0.399. The Kier molecular flexibility index (Phi) is 6.87. The van der Waals surface area contributed by atoms with Gasteiger partial charge < -0.3 is 10.1 Å². The van der Waals surface area contributed by atoms with E-state index in [9.17, 15) is 14.4 Å². The van der Waals surface area contributed by atoms with Crippen molar-refractivity contribution < 1.29 is 19.1 Å². The third-order valence-corrected chi connectivity index (χ3v) is 4.78. The van der Waals surface area contributed by atoms with Crippen LogP contribution in [0.4, 0.5) is 5.69 Å². The van der Waals surface area contributed by atoms with Gasteiger partial charge in [-0.2, -0.15) is 0 Å². The van der Waals surface area contributed by atoms with E-state index >= 15 is 0 Å². The third kappa shape index (κ3) is 5.47. The van der Waals surface area contributed by atoms with Crippen molar-refractivity contribution in [2.45, 2.75) is 6.92 Å². The van der Waals surface area contributed by atoms with Gasteiger partial charge in [0.2, 0.25) is 5.78 Å². The maximum Gasteiger partial charge on any atom is 0.338 e. The first-order valence-electron chi connectivity index (χ1n) is 8.97. The van der Waals surface area contributed by atoms with Crippen molar-refractivity contribution >= 4 is 46.5 Å². The molecule has 0 radical (unpaired) electrons. The Balaban J connectivity index is 1.63. The fourth-order valence-electron chi connectivity index (χ4n) is 2.64. The predicted octanol–water partition coefficient (Wildman–Crippen LogP) is 5.59. The number of carbonyl (C=O) groups excluding carboxylic acids is 3. The molecule has 0 aliphatic rings. The van der Waals surface area contributed by atoms with Crippen molar-refractivity contribution in [3.05, 3.63) is 99.0 Å². The van der Waals surface area contributed by atoms with Crippen LogP contribution < -0.4 is 5.32 Å². The first-order valence-corrected chi connectivity index (χ1v) is 9.72. The van der Waals surface area contributed by atoms with Crippen LogP contribution in [0.15, 0.2) is 66.7 Å². The Morgan fingerprint density at radius 2 is 1.63 bits per heavy atom. The van der Waals surface area contributed by atoms with E-state index in [4.69, 9.17) is 27.9 Å². The fourth-order valence-corrected chi connectivity index (χ4v) is 3.15. The molecule has 0 saturated carbocycles. The molecular formula is C23H17Cl2NO4. The summed E-state index contributed by atoms with van der Waals surface area (Å²) in [5.74, 6) is -1.44. The van der Waals surface area contributed by atoms with E-state index in [0.717, 1.165) is 5.56 Å². The lowest BCUT2D eigenvalue weighted by Crippen LogP contribution is -2.15. The SMILES string of the molecule is Cc1ccc(C(=O)Nc2cccc(C(=O)OCC(=O)c3ccc(Cl)cc3Cl)c2)cc1. The number of hydrogen-bond acceptors (Lipinski definition) is 4. The second-order valence-corrected chi connectivity index (χ2v) is 7.37. The number of hydrogen-bond donors (Lipinski definition) is 1. The molecule has 1 N–H and O–H groups in total. The fraction of sp³-hybridized carbons (Fsp3) is 0.0870. The van der Waals surface area contributed by atoms with Crippen LogP contribution in [0.2, 0.25) is 10.0 Å². The number of anilines is 1. The van der Waals surface area contributed by atoms with Gasteiger partial charge in [-0.15, -0.1) is 0 Å². The monoisotopic (exact) mass is 441 g/mol. The highest BCUT2D eigenvalue weighted by Crippen LogP contribution is 2.21. The molecule has 0 aliphatic heterocycles. The van der Waals surface area contributed by atoms with Crippen molar-refractivity contribution in [3.63, 3.8) is 0 Å². The number of nitrogens with one attached hydrogen (secondary N) is 1. The van der Waals surface area contributed by atoms with Gasteiger partial charge in [0.15, 0.2) is 6.61 Å². The lowest BCUT2D eigenvalue weighted by atomic mass is 10.1. The summed E-state index contributed by atoms with van der Waals surface area (Å²) in [6, 6.07) is 17.8. The summed E-state index contributed by atoms with van der Waals surface area (Å²) in [4.78, 5) is 36.9. The minimum atomic E-state index is -0.695. The van der Waals surface area contributed by atoms with Gasteiger partial charge in [-0.25, -0.2) is 4.79 Å². The van der Waals surface area contributed by atoms with Crippen molar-refractivity contribution in [3.8, 4) is 0 Å². The molecule has 152 valence electrons. The normalized spacial score (nSPS) is 10.4. The van der Waals surface area contributed by atoms with Crippen molar-refractivity contribution in [1.29, 1.82) is 0 Å². The molecule has 0 atom stereocenters. The molecule has 0 spiro atoms. The Morgan fingerprint density at radius 3 is 2.33 bits per heavy atom. The van der Waals surface area contributed by atoms with Crippen LogP contribution >= 0.6 is 23.2 Å². The number of Topliss-reactive ketones (excluding diaryl/α,β-unsaturated/α-hetero) is 1. The number of halogens is 2. The van der Waals surface area contributed by atoms with Gasteiger partial charge in [0.05, 0.1) is 10.6 Å². The molecule has 0 aliphatic carbocycles. The summed E-state index contributed by atoms with van der Waals surface area (Å²) in [7, 11) is 0. The molecule has 5 nitrogen and oxygen atoms in total. The number of carbonyl (C=O) groups is 3. The third-order valence-electron chi connectivity index (χ3n) is 4.24. The number of ether oxygens (including phenoxy) is 1. The lowest BCUT2D eigenvalue weighted by molar-refractivity contribution is 0.0474. The molecule has 30 heavy (non-hydrogen) atoms. The van der Waals surface area contributed by atoms with E-state index in [1.807, 2.05) is 19.1 Å². The van der Waals surface area contributed by atoms with Crippen LogP contribution in [0.3, 0.4) is 0 Å². The van der Waals surface area contributed by atoms with Gasteiger partial charge in [0.1, 0.15) is 0 Å². The zero-order valence-corrected chi connectivity index (χ0v) is 17.5. The number of esters is 1. The van der Waals surface area contributed by atoms with Crippen LogP contribution in [-0.2, 0) is 4.74 Å². The molecule has 0 aromatic heterocycles. The molecule has 0 unspecified atom stereocenters. The summed E-state index contributed by atoms with van der Waals surface area (Å²) in [6.45, 7) is 1.46. The van der Waals surface area contributed by atoms with Crippen LogP contribution in [0.1, 0.15) is 36.6 Å². The largest absolute Gasteiger partial charge is 0.454 e. The van der Waals surface area contributed by atoms with Crippen LogP contribution in [0.25, 0.3) is 0 Å². The van der Waals surface area contributed by atoms with Crippen LogP contribution in [-0.4, -0.2) is 24.3 Å². The Hall–Kier alpha value is -3.15. The maximum absolute atomic E-state index is 12.3. The summed E-state index contributed by atoms with van der Waals surface area (Å²) in [6.07, 6.45) is 0. The average Bonchev–Trinajstić information content (AvgIpc) is 2.72. The topological polar surface area (TPSA) is 72.5 Å². The maximum atomic E-state index is 12.3. The Labute approximate surface area is 183 Å². The highest BCUT2D eigenvalue weighted by Gasteiger charge is 2.15. The summed E-state index contributed by atoms with van der Waals surface area (Å²) < 4.78 is 5.09. The van der Waals surface area contributed by atoms with E-state index in [-0.39, 0.29) is 22.1 Å². The van der Waals surface area contributed by atoms with E-state index in [2.05, 4.69) is 5.32 Å². The van der Waals surface area contributed by atoms with Gasteiger partial charge in [0.25, 0.3) is 5.91 Å². The first kappa shape index (κ1) is 21.6. The zero-order valence-electron chi connectivity index (χ0n) is 15.9. The van der Waals surface area contributed by atoms with Gasteiger partial charge in [-0.3, -0.25) is 9.59 Å². The van der Waals surface area contributed by atoms with Crippen LogP contribution in [0, 0.1) is 6.92 Å². The molecule has 3 aromatic carbocycles. The summed E-state index contributed by atoms with van der Waals surface area (Å²) >= 11 is 11.8. The number of benzene rings is 3. The summed E-state index contributed by atoms with van der Waals surface area (Å²) in [5.41, 5.74) is 2.39. The lowest BCUT2D eigenvalue weighted by Gasteiger charge is -2.09. The van der Waals surface area contributed by atoms with E-state index in [0.29, 0.717) is 16.3 Å². The van der Waals surface area contributed by atoms with Crippen molar-refractivity contribution in [2.75, 3.05) is 11.9 Å². The number of rotatable bonds is 6. The number of amides is 1. The van der Waals surface area contributed by atoms with Gasteiger partial charge in [0, 0.05) is 21.8 Å². The van der Waals surface area contributed by atoms with Crippen molar-refractivity contribution in [2.24, 2.45) is 0 Å². The van der Waals surface area contributed by atoms with E-state index in [1.165, 1.54) is 30.3 Å². The predicted molar refractivity (Wildman–Crippen MR) is 117 cm³/mol. The Morgan fingerprint density at radius 1 is 0.900 bits per heavy atom. The molecule has 1 amide bonds. The molecule has 3 rings (SSSR count). The highest BCUT2D eigenvalue weighted by molar-refractivity contribution is 6.36.